The minimum atomic E-state index is -4.07. The fraction of sp³-hybridized carbons (Fsp3) is 0.375. The Morgan fingerprint density at radius 1 is 1.15 bits per heavy atom. The molecule has 4 rings (SSSR count). The van der Waals surface area contributed by atoms with E-state index in [0.29, 0.717) is 23.2 Å². The van der Waals surface area contributed by atoms with Gasteiger partial charge in [-0.15, -0.1) is 0 Å². The number of para-hydroxylation sites is 1. The highest BCUT2D eigenvalue weighted by molar-refractivity contribution is 7.91. The van der Waals surface area contributed by atoms with Crippen molar-refractivity contribution in [1.82, 2.24) is 9.88 Å². The Kier molecular flexibility index (Phi) is 6.09. The standard InChI is InChI=1S/C24H27FN2O5S/c1-24(2,3)32-23(28)27-13-7-8-16(27)15-31-19-11-6-9-17-21(14-26-22(17)19)33(29,30)20-12-5-4-10-18(20)25/h4-6,9-12,14,16,26H,7-8,13,15H2,1-3H3/t16-/m0/s1. The molecule has 1 fully saturated rings. The molecule has 0 bridgehead atoms. The molecule has 9 heteroatoms. The van der Waals surface area contributed by atoms with Gasteiger partial charge in [-0.1, -0.05) is 24.3 Å². The third-order valence-corrected chi connectivity index (χ3v) is 7.32. The topological polar surface area (TPSA) is 88.7 Å². The number of nitrogens with one attached hydrogen (secondary N) is 1. The van der Waals surface area contributed by atoms with Crippen LogP contribution in [0.2, 0.25) is 0 Å². The van der Waals surface area contributed by atoms with Crippen LogP contribution in [0, 0.1) is 5.82 Å². The predicted molar refractivity (Wildman–Crippen MR) is 122 cm³/mol. The lowest BCUT2D eigenvalue weighted by Crippen LogP contribution is -2.42. The van der Waals surface area contributed by atoms with Gasteiger partial charge in [-0.25, -0.2) is 17.6 Å². The second-order valence-electron chi connectivity index (χ2n) is 9.05. The molecule has 1 amide bonds. The third-order valence-electron chi connectivity index (χ3n) is 5.49. The van der Waals surface area contributed by atoms with Crippen LogP contribution < -0.4 is 4.74 Å². The molecular weight excluding hydrogens is 447 g/mol. The molecule has 33 heavy (non-hydrogen) atoms. The highest BCUT2D eigenvalue weighted by atomic mass is 32.2. The van der Waals surface area contributed by atoms with Crippen molar-refractivity contribution in [3.05, 3.63) is 54.5 Å². The molecule has 0 unspecified atom stereocenters. The van der Waals surface area contributed by atoms with Crippen molar-refractivity contribution in [2.24, 2.45) is 0 Å². The molecule has 2 heterocycles. The van der Waals surface area contributed by atoms with Crippen molar-refractivity contribution < 1.29 is 27.1 Å². The fourth-order valence-electron chi connectivity index (χ4n) is 3.98. The van der Waals surface area contributed by atoms with E-state index in [1.807, 2.05) is 20.8 Å². The Morgan fingerprint density at radius 2 is 1.91 bits per heavy atom. The maximum Gasteiger partial charge on any atom is 0.410 e. The number of ether oxygens (including phenoxy) is 2. The summed E-state index contributed by atoms with van der Waals surface area (Å²) in [6.07, 6.45) is 2.62. The normalized spacial score (nSPS) is 16.8. The zero-order valence-corrected chi connectivity index (χ0v) is 19.6. The Balaban J connectivity index is 1.57. The minimum Gasteiger partial charge on any atom is -0.489 e. The molecule has 176 valence electrons. The molecule has 1 aliphatic heterocycles. The first-order chi connectivity index (χ1) is 15.6. The molecule has 1 N–H and O–H groups in total. The largest absolute Gasteiger partial charge is 0.489 e. The summed E-state index contributed by atoms with van der Waals surface area (Å²) in [7, 11) is -4.07. The second-order valence-corrected chi connectivity index (χ2v) is 10.9. The van der Waals surface area contributed by atoms with Crippen LogP contribution in [-0.4, -0.2) is 49.2 Å². The number of rotatable bonds is 5. The Hall–Kier alpha value is -3.07. The summed E-state index contributed by atoms with van der Waals surface area (Å²) in [5.74, 6) is -0.346. The van der Waals surface area contributed by atoms with E-state index in [2.05, 4.69) is 4.98 Å². The van der Waals surface area contributed by atoms with Crippen molar-refractivity contribution >= 4 is 26.8 Å². The van der Waals surface area contributed by atoms with Crippen LogP contribution >= 0.6 is 0 Å². The summed E-state index contributed by atoms with van der Waals surface area (Å²) in [5, 5.41) is 0.408. The average Bonchev–Trinajstić information content (AvgIpc) is 3.39. The van der Waals surface area contributed by atoms with Gasteiger partial charge in [0.15, 0.2) is 0 Å². The number of benzene rings is 2. The van der Waals surface area contributed by atoms with E-state index < -0.39 is 21.3 Å². The number of amides is 1. The number of aromatic nitrogens is 1. The highest BCUT2D eigenvalue weighted by Gasteiger charge is 2.33. The molecule has 0 spiro atoms. The molecule has 1 atom stereocenters. The average molecular weight is 475 g/mol. The monoisotopic (exact) mass is 474 g/mol. The number of carbonyl (C=O) groups excluding carboxylic acids is 1. The number of nitrogens with zero attached hydrogens (tertiary/aromatic N) is 1. The zero-order valence-electron chi connectivity index (χ0n) is 18.8. The molecule has 1 aromatic heterocycles. The number of sulfone groups is 1. The molecule has 2 aromatic carbocycles. The quantitative estimate of drug-likeness (QED) is 0.567. The number of likely N-dealkylation sites (tertiary alicyclic amines) is 1. The van der Waals surface area contributed by atoms with E-state index in [4.69, 9.17) is 9.47 Å². The van der Waals surface area contributed by atoms with Crippen molar-refractivity contribution in [2.75, 3.05) is 13.2 Å². The van der Waals surface area contributed by atoms with Gasteiger partial charge in [0, 0.05) is 18.1 Å². The first-order valence-electron chi connectivity index (χ1n) is 10.8. The molecule has 1 saturated heterocycles. The molecule has 3 aromatic rings. The van der Waals surface area contributed by atoms with Crippen LogP contribution in [0.4, 0.5) is 9.18 Å². The number of hydrogen-bond acceptors (Lipinski definition) is 5. The van der Waals surface area contributed by atoms with E-state index in [1.165, 1.54) is 24.4 Å². The third kappa shape index (κ3) is 4.68. The van der Waals surface area contributed by atoms with Gasteiger partial charge in [0.1, 0.15) is 28.7 Å². The number of carbonyl (C=O) groups is 1. The van der Waals surface area contributed by atoms with E-state index in [-0.39, 0.29) is 28.5 Å². The number of aromatic amines is 1. The summed E-state index contributed by atoms with van der Waals surface area (Å²) in [4.78, 5) is 16.7. The van der Waals surface area contributed by atoms with Crippen LogP contribution in [-0.2, 0) is 14.6 Å². The Labute approximate surface area is 192 Å². The van der Waals surface area contributed by atoms with Crippen molar-refractivity contribution in [3.8, 4) is 5.75 Å². The van der Waals surface area contributed by atoms with Gasteiger partial charge in [0.05, 0.1) is 16.5 Å². The lowest BCUT2D eigenvalue weighted by Gasteiger charge is -2.28. The molecule has 0 aliphatic carbocycles. The Morgan fingerprint density at radius 3 is 2.64 bits per heavy atom. The van der Waals surface area contributed by atoms with Gasteiger partial charge >= 0.3 is 6.09 Å². The Bertz CT molecular complexity index is 1280. The van der Waals surface area contributed by atoms with Crippen LogP contribution in [0.25, 0.3) is 10.9 Å². The number of H-pyrrole nitrogens is 1. The molecular formula is C24H27FN2O5S. The van der Waals surface area contributed by atoms with Crippen LogP contribution in [0.3, 0.4) is 0 Å². The first-order valence-corrected chi connectivity index (χ1v) is 12.3. The van der Waals surface area contributed by atoms with Gasteiger partial charge in [-0.2, -0.15) is 0 Å². The van der Waals surface area contributed by atoms with Gasteiger partial charge in [0.2, 0.25) is 9.84 Å². The molecule has 0 saturated carbocycles. The van der Waals surface area contributed by atoms with E-state index >= 15 is 0 Å². The van der Waals surface area contributed by atoms with Crippen molar-refractivity contribution in [1.29, 1.82) is 0 Å². The maximum atomic E-state index is 14.2. The number of hydrogen-bond donors (Lipinski definition) is 1. The summed E-state index contributed by atoms with van der Waals surface area (Å²) in [6.45, 7) is 6.32. The number of halogens is 1. The SMILES string of the molecule is CC(C)(C)OC(=O)N1CCC[C@H]1COc1cccc2c(S(=O)(=O)c3ccccc3F)c[nH]c12. The van der Waals surface area contributed by atoms with Gasteiger partial charge in [-0.05, 0) is 51.8 Å². The van der Waals surface area contributed by atoms with Gasteiger partial charge in [0.25, 0.3) is 0 Å². The van der Waals surface area contributed by atoms with Crippen LogP contribution in [0.15, 0.2) is 58.5 Å². The molecule has 7 nitrogen and oxygen atoms in total. The molecule has 0 radical (unpaired) electrons. The van der Waals surface area contributed by atoms with Gasteiger partial charge in [-0.3, -0.25) is 0 Å². The summed E-state index contributed by atoms with van der Waals surface area (Å²) < 4.78 is 51.9. The molecule has 1 aliphatic rings. The summed E-state index contributed by atoms with van der Waals surface area (Å²) in [5.41, 5.74) is -0.0876. The van der Waals surface area contributed by atoms with Gasteiger partial charge < -0.3 is 19.4 Å². The maximum absolute atomic E-state index is 14.2. The number of fused-ring (bicyclic) bond motifs is 1. The van der Waals surface area contributed by atoms with Crippen LogP contribution in [0.1, 0.15) is 33.6 Å². The minimum absolute atomic E-state index is 0.0238. The van der Waals surface area contributed by atoms with Crippen LogP contribution in [0.5, 0.6) is 5.75 Å². The second kappa shape index (κ2) is 8.70. The zero-order chi connectivity index (χ0) is 23.8. The van der Waals surface area contributed by atoms with Crippen molar-refractivity contribution in [2.45, 2.75) is 55.0 Å². The summed E-state index contributed by atoms with van der Waals surface area (Å²) >= 11 is 0. The van der Waals surface area contributed by atoms with E-state index in [9.17, 15) is 17.6 Å². The van der Waals surface area contributed by atoms with Crippen molar-refractivity contribution in [3.63, 3.8) is 0 Å². The van der Waals surface area contributed by atoms with E-state index in [1.54, 1.807) is 23.1 Å². The highest BCUT2D eigenvalue weighted by Crippen LogP contribution is 2.34. The lowest BCUT2D eigenvalue weighted by atomic mass is 10.2. The predicted octanol–water partition coefficient (Wildman–Crippen LogP) is 4.92. The lowest BCUT2D eigenvalue weighted by molar-refractivity contribution is 0.0188. The summed E-state index contributed by atoms with van der Waals surface area (Å²) in [6, 6.07) is 10.2. The van der Waals surface area contributed by atoms with E-state index in [0.717, 1.165) is 18.9 Å². The smallest absolute Gasteiger partial charge is 0.410 e. The first kappa shape index (κ1) is 23.1. The fourth-order valence-corrected chi connectivity index (χ4v) is 5.47.